The largest absolute Gasteiger partial charge is 0.497 e. The van der Waals surface area contributed by atoms with Gasteiger partial charge in [-0.15, -0.1) is 0 Å². The number of fused-ring (bicyclic) bond motifs is 1. The second kappa shape index (κ2) is 8.55. The van der Waals surface area contributed by atoms with Crippen LogP contribution in [-0.2, 0) is 9.59 Å². The Hall–Kier alpha value is -3.74. The molecule has 0 aromatic heterocycles. The summed E-state index contributed by atoms with van der Waals surface area (Å²) in [5.74, 6) is 1.12. The number of hydrogen-bond donors (Lipinski definition) is 0. The molecular weight excluding hydrogens is 398 g/mol. The molecule has 1 heterocycles. The van der Waals surface area contributed by atoms with Crippen molar-refractivity contribution in [3.05, 3.63) is 54.6 Å². The third kappa shape index (κ3) is 4.12. The average Bonchev–Trinajstić information content (AvgIpc) is 3.19. The van der Waals surface area contributed by atoms with Crippen LogP contribution in [0.15, 0.2) is 54.6 Å². The zero-order valence-corrected chi connectivity index (χ0v) is 17.6. The highest BCUT2D eigenvalue weighted by Gasteiger charge is 2.36. The van der Waals surface area contributed by atoms with Crippen LogP contribution in [0.4, 0.5) is 5.69 Å². The smallest absolute Gasteiger partial charge is 0.316 e. The highest BCUT2D eigenvalue weighted by atomic mass is 16.5. The molecule has 4 rings (SSSR count). The predicted octanol–water partition coefficient (Wildman–Crippen LogP) is 3.82. The maximum Gasteiger partial charge on any atom is 0.316 e. The van der Waals surface area contributed by atoms with Crippen LogP contribution in [0.2, 0.25) is 0 Å². The minimum atomic E-state index is -0.554. The normalized spacial score (nSPS) is 15.8. The van der Waals surface area contributed by atoms with E-state index in [1.807, 2.05) is 24.3 Å². The van der Waals surface area contributed by atoms with Crippen LogP contribution in [0, 0.1) is 5.92 Å². The van der Waals surface area contributed by atoms with Crippen LogP contribution < -0.4 is 23.8 Å². The molecule has 7 nitrogen and oxygen atoms in total. The lowest BCUT2D eigenvalue weighted by atomic mass is 10.1. The quantitative estimate of drug-likeness (QED) is 0.445. The Labute approximate surface area is 180 Å². The molecule has 7 heteroatoms. The Balaban J connectivity index is 1.49. The zero-order chi connectivity index (χ0) is 22.0. The SMILES string of the molecule is COc1ccc2ccc(OC(=O)C3CC(=O)N(c4ccc(OC)c(OC)c4)C3)cc2c1. The van der Waals surface area contributed by atoms with Crippen molar-refractivity contribution in [1.29, 1.82) is 0 Å². The molecule has 1 fully saturated rings. The molecule has 1 unspecified atom stereocenters. The van der Waals surface area contributed by atoms with Gasteiger partial charge in [-0.05, 0) is 47.2 Å². The van der Waals surface area contributed by atoms with Crippen molar-refractivity contribution in [2.75, 3.05) is 32.8 Å². The Morgan fingerprint density at radius 3 is 2.26 bits per heavy atom. The number of nitrogens with zero attached hydrogens (tertiary/aromatic N) is 1. The van der Waals surface area contributed by atoms with E-state index in [1.165, 1.54) is 7.11 Å². The van der Waals surface area contributed by atoms with Crippen molar-refractivity contribution in [2.24, 2.45) is 5.92 Å². The van der Waals surface area contributed by atoms with E-state index in [1.54, 1.807) is 49.5 Å². The maximum atomic E-state index is 12.7. The van der Waals surface area contributed by atoms with Crippen molar-refractivity contribution in [2.45, 2.75) is 6.42 Å². The monoisotopic (exact) mass is 421 g/mol. The number of hydrogen-bond acceptors (Lipinski definition) is 6. The lowest BCUT2D eigenvalue weighted by molar-refractivity contribution is -0.139. The predicted molar refractivity (Wildman–Crippen MR) is 116 cm³/mol. The van der Waals surface area contributed by atoms with Crippen molar-refractivity contribution in [1.82, 2.24) is 0 Å². The van der Waals surface area contributed by atoms with E-state index in [4.69, 9.17) is 18.9 Å². The van der Waals surface area contributed by atoms with Crippen molar-refractivity contribution in [3.8, 4) is 23.0 Å². The average molecular weight is 421 g/mol. The summed E-state index contributed by atoms with van der Waals surface area (Å²) >= 11 is 0. The van der Waals surface area contributed by atoms with Gasteiger partial charge in [0, 0.05) is 24.7 Å². The molecule has 160 valence electrons. The Morgan fingerprint density at radius 2 is 1.55 bits per heavy atom. The zero-order valence-electron chi connectivity index (χ0n) is 17.6. The second-order valence-corrected chi connectivity index (χ2v) is 7.24. The first-order chi connectivity index (χ1) is 15.0. The van der Waals surface area contributed by atoms with E-state index in [0.717, 1.165) is 16.5 Å². The number of methoxy groups -OCH3 is 3. The van der Waals surface area contributed by atoms with Crippen LogP contribution in [0.25, 0.3) is 10.8 Å². The first kappa shape index (κ1) is 20.5. The molecule has 31 heavy (non-hydrogen) atoms. The second-order valence-electron chi connectivity index (χ2n) is 7.24. The van der Waals surface area contributed by atoms with Gasteiger partial charge in [-0.25, -0.2) is 0 Å². The number of amides is 1. The molecule has 0 saturated carbocycles. The van der Waals surface area contributed by atoms with E-state index in [9.17, 15) is 9.59 Å². The van der Waals surface area contributed by atoms with E-state index in [0.29, 0.717) is 22.9 Å². The molecule has 1 aliphatic rings. The Kier molecular flexibility index (Phi) is 5.66. The van der Waals surface area contributed by atoms with Crippen molar-refractivity contribution >= 4 is 28.3 Å². The Morgan fingerprint density at radius 1 is 0.839 bits per heavy atom. The molecule has 1 saturated heterocycles. The number of ether oxygens (including phenoxy) is 4. The van der Waals surface area contributed by atoms with Gasteiger partial charge in [0.05, 0.1) is 27.2 Å². The minimum Gasteiger partial charge on any atom is -0.497 e. The first-order valence-electron chi connectivity index (χ1n) is 9.84. The summed E-state index contributed by atoms with van der Waals surface area (Å²) < 4.78 is 21.4. The number of carbonyl (C=O) groups is 2. The number of carbonyl (C=O) groups excluding carboxylic acids is 2. The fraction of sp³-hybridized carbons (Fsp3) is 0.250. The van der Waals surface area contributed by atoms with Gasteiger partial charge in [-0.1, -0.05) is 12.1 Å². The van der Waals surface area contributed by atoms with Crippen LogP contribution in [0.5, 0.6) is 23.0 Å². The molecule has 0 radical (unpaired) electrons. The van der Waals surface area contributed by atoms with Gasteiger partial charge in [0.2, 0.25) is 5.91 Å². The van der Waals surface area contributed by atoms with E-state index >= 15 is 0 Å². The molecule has 3 aromatic rings. The van der Waals surface area contributed by atoms with Crippen LogP contribution in [-0.4, -0.2) is 39.8 Å². The maximum absolute atomic E-state index is 12.7. The topological polar surface area (TPSA) is 74.3 Å². The fourth-order valence-corrected chi connectivity index (χ4v) is 3.70. The molecule has 0 aliphatic carbocycles. The highest BCUT2D eigenvalue weighted by molar-refractivity contribution is 6.00. The van der Waals surface area contributed by atoms with Gasteiger partial charge >= 0.3 is 5.97 Å². The fourth-order valence-electron chi connectivity index (χ4n) is 3.70. The van der Waals surface area contributed by atoms with Crippen LogP contribution in [0.1, 0.15) is 6.42 Å². The van der Waals surface area contributed by atoms with Gasteiger partial charge in [0.15, 0.2) is 11.5 Å². The summed E-state index contributed by atoms with van der Waals surface area (Å²) in [7, 11) is 4.69. The highest BCUT2D eigenvalue weighted by Crippen LogP contribution is 2.34. The molecule has 1 aliphatic heterocycles. The summed E-state index contributed by atoms with van der Waals surface area (Å²) in [6.45, 7) is 0.245. The number of rotatable bonds is 6. The molecule has 0 N–H and O–H groups in total. The van der Waals surface area contributed by atoms with Gasteiger partial charge in [0.25, 0.3) is 0 Å². The lowest BCUT2D eigenvalue weighted by Gasteiger charge is -2.18. The Bertz CT molecular complexity index is 1140. The van der Waals surface area contributed by atoms with E-state index < -0.39 is 11.9 Å². The number of benzene rings is 3. The van der Waals surface area contributed by atoms with Crippen LogP contribution >= 0.6 is 0 Å². The van der Waals surface area contributed by atoms with Crippen molar-refractivity contribution < 1.29 is 28.5 Å². The van der Waals surface area contributed by atoms with Gasteiger partial charge in [-0.2, -0.15) is 0 Å². The molecule has 1 amide bonds. The minimum absolute atomic E-state index is 0.0918. The molecule has 0 bridgehead atoms. The molecule has 1 atom stereocenters. The summed E-state index contributed by atoms with van der Waals surface area (Å²) in [6, 6.07) is 16.3. The van der Waals surface area contributed by atoms with Gasteiger partial charge < -0.3 is 23.8 Å². The lowest BCUT2D eigenvalue weighted by Crippen LogP contribution is -2.27. The third-order valence-electron chi connectivity index (χ3n) is 5.37. The standard InChI is InChI=1S/C24H23NO6/c1-28-19-7-4-15-5-8-20(11-16(15)10-19)31-24(27)17-12-23(26)25(14-17)18-6-9-21(29-2)22(13-18)30-3/h4-11,13,17H,12,14H2,1-3H3. The third-order valence-corrected chi connectivity index (χ3v) is 5.37. The van der Waals surface area contributed by atoms with E-state index in [-0.39, 0.29) is 18.9 Å². The number of anilines is 1. The molecular formula is C24H23NO6. The summed E-state index contributed by atoms with van der Waals surface area (Å²) in [6.07, 6.45) is 0.0918. The number of esters is 1. The molecule has 0 spiro atoms. The van der Waals surface area contributed by atoms with Crippen LogP contribution in [0.3, 0.4) is 0 Å². The van der Waals surface area contributed by atoms with E-state index in [2.05, 4.69) is 0 Å². The molecule has 3 aromatic carbocycles. The summed E-state index contributed by atoms with van der Waals surface area (Å²) in [5, 5.41) is 1.91. The summed E-state index contributed by atoms with van der Waals surface area (Å²) in [5.41, 5.74) is 0.649. The van der Waals surface area contributed by atoms with Gasteiger partial charge in [-0.3, -0.25) is 9.59 Å². The van der Waals surface area contributed by atoms with Crippen molar-refractivity contribution in [3.63, 3.8) is 0 Å². The summed E-state index contributed by atoms with van der Waals surface area (Å²) in [4.78, 5) is 26.9. The first-order valence-corrected chi connectivity index (χ1v) is 9.84. The van der Waals surface area contributed by atoms with Gasteiger partial charge in [0.1, 0.15) is 11.5 Å².